The van der Waals surface area contributed by atoms with E-state index >= 15 is 0 Å². The van der Waals surface area contributed by atoms with Gasteiger partial charge in [0, 0.05) is 12.8 Å². The molecule has 0 spiro atoms. The minimum atomic E-state index is 0.0328. The summed E-state index contributed by atoms with van der Waals surface area (Å²) in [4.78, 5) is 11.5. The van der Waals surface area contributed by atoms with Crippen LogP contribution in [0.5, 0.6) is 0 Å². The van der Waals surface area contributed by atoms with Crippen LogP contribution in [0.1, 0.15) is 60.8 Å². The van der Waals surface area contributed by atoms with E-state index in [2.05, 4.69) is 39.8 Å². The molecular weight excluding hydrogens is 196 g/mol. The number of rotatable bonds is 2. The van der Waals surface area contributed by atoms with Gasteiger partial charge in [-0.05, 0) is 24.3 Å². The Balaban J connectivity index is 0.00000106. The third-order valence-corrected chi connectivity index (χ3v) is 2.81. The fourth-order valence-corrected chi connectivity index (χ4v) is 2.22. The second kappa shape index (κ2) is 6.67. The Hall–Kier alpha value is -0.850. The maximum absolute atomic E-state index is 11.5. The Morgan fingerprint density at radius 2 is 1.88 bits per heavy atom. The third kappa shape index (κ3) is 3.96. The van der Waals surface area contributed by atoms with Gasteiger partial charge >= 0.3 is 0 Å². The minimum absolute atomic E-state index is 0.0328. The molecule has 0 unspecified atom stereocenters. The summed E-state index contributed by atoms with van der Waals surface area (Å²) in [6, 6.07) is 0. The monoisotopic (exact) mass is 222 g/mol. The summed E-state index contributed by atoms with van der Waals surface area (Å²) < 4.78 is 0. The van der Waals surface area contributed by atoms with Gasteiger partial charge < -0.3 is 0 Å². The van der Waals surface area contributed by atoms with Crippen LogP contribution in [0.3, 0.4) is 0 Å². The zero-order chi connectivity index (χ0) is 12.8. The van der Waals surface area contributed by atoms with Gasteiger partial charge in [-0.2, -0.15) is 0 Å². The predicted octanol–water partition coefficient (Wildman–Crippen LogP) is 4.68. The molecule has 1 heteroatoms. The van der Waals surface area contributed by atoms with Gasteiger partial charge in [-0.25, -0.2) is 0 Å². The molecule has 0 N–H and O–H groups in total. The lowest BCUT2D eigenvalue weighted by Gasteiger charge is -2.32. The first-order valence-corrected chi connectivity index (χ1v) is 6.36. The largest absolute Gasteiger partial charge is 0.299 e. The van der Waals surface area contributed by atoms with Crippen LogP contribution < -0.4 is 0 Å². The van der Waals surface area contributed by atoms with Crippen LogP contribution in [-0.2, 0) is 4.79 Å². The molecule has 0 amide bonds. The summed E-state index contributed by atoms with van der Waals surface area (Å²) in [6.45, 7) is 12.5. The molecule has 92 valence electrons. The highest BCUT2D eigenvalue weighted by Crippen LogP contribution is 2.39. The van der Waals surface area contributed by atoms with Crippen molar-refractivity contribution in [3.8, 4) is 0 Å². The van der Waals surface area contributed by atoms with Crippen LogP contribution in [-0.4, -0.2) is 5.78 Å². The van der Waals surface area contributed by atoms with Crippen molar-refractivity contribution in [1.82, 2.24) is 0 Å². The fraction of sp³-hybridized carbons (Fsp3) is 0.667. The molecule has 0 saturated carbocycles. The van der Waals surface area contributed by atoms with Gasteiger partial charge in [0.15, 0.2) is 0 Å². The molecule has 0 aromatic rings. The van der Waals surface area contributed by atoms with Crippen LogP contribution in [0, 0.1) is 5.41 Å². The topological polar surface area (TPSA) is 17.1 Å². The fourth-order valence-electron chi connectivity index (χ4n) is 2.22. The Bertz CT molecular complexity index is 293. The zero-order valence-corrected chi connectivity index (χ0v) is 11.7. The highest BCUT2D eigenvalue weighted by molar-refractivity contribution is 5.84. The van der Waals surface area contributed by atoms with Crippen molar-refractivity contribution < 1.29 is 4.79 Å². The van der Waals surface area contributed by atoms with E-state index in [1.54, 1.807) is 0 Å². The summed E-state index contributed by atoms with van der Waals surface area (Å²) in [5, 5.41) is 0. The van der Waals surface area contributed by atoms with E-state index in [4.69, 9.17) is 0 Å². The molecule has 0 radical (unpaired) electrons. The summed E-state index contributed by atoms with van der Waals surface area (Å²) in [7, 11) is 0. The third-order valence-electron chi connectivity index (χ3n) is 2.81. The average Bonchev–Trinajstić information content (AvgIpc) is 2.18. The van der Waals surface area contributed by atoms with Crippen molar-refractivity contribution in [1.29, 1.82) is 0 Å². The maximum atomic E-state index is 11.5. The van der Waals surface area contributed by atoms with Gasteiger partial charge in [-0.1, -0.05) is 52.3 Å². The van der Waals surface area contributed by atoms with E-state index < -0.39 is 0 Å². The lowest BCUT2D eigenvalue weighted by Crippen LogP contribution is -2.25. The molecule has 1 aliphatic carbocycles. The standard InChI is InChI=1S/C13H20O.C2H6/c1-5-6-7-12-10(2)8-11(14)9-13(12,3)4;1-2/h6-7H,5,8-9H2,1-4H3;1-2H3/b7-6+;. The highest BCUT2D eigenvalue weighted by Gasteiger charge is 2.30. The van der Waals surface area contributed by atoms with Gasteiger partial charge in [-0.15, -0.1) is 0 Å². The molecule has 0 atom stereocenters. The van der Waals surface area contributed by atoms with Gasteiger partial charge in [0.25, 0.3) is 0 Å². The number of ketones is 1. The Labute approximate surface area is 101 Å². The van der Waals surface area contributed by atoms with Crippen LogP contribution in [0.15, 0.2) is 23.3 Å². The predicted molar refractivity (Wildman–Crippen MR) is 71.5 cm³/mol. The minimum Gasteiger partial charge on any atom is -0.299 e. The lowest BCUT2D eigenvalue weighted by molar-refractivity contribution is -0.120. The van der Waals surface area contributed by atoms with E-state index in [9.17, 15) is 4.79 Å². The van der Waals surface area contributed by atoms with Crippen molar-refractivity contribution in [2.75, 3.05) is 0 Å². The first kappa shape index (κ1) is 15.2. The Morgan fingerprint density at radius 1 is 1.31 bits per heavy atom. The summed E-state index contributed by atoms with van der Waals surface area (Å²) >= 11 is 0. The van der Waals surface area contributed by atoms with Crippen LogP contribution in [0.25, 0.3) is 0 Å². The molecule has 0 heterocycles. The molecule has 0 bridgehead atoms. The molecule has 1 nitrogen and oxygen atoms in total. The molecule has 1 rings (SSSR count). The highest BCUT2D eigenvalue weighted by atomic mass is 16.1. The smallest absolute Gasteiger partial charge is 0.137 e. The SMILES string of the molecule is CC.CC/C=C/C1=C(C)CC(=O)CC1(C)C. The van der Waals surface area contributed by atoms with E-state index in [-0.39, 0.29) is 5.41 Å². The summed E-state index contributed by atoms with van der Waals surface area (Å²) in [6.07, 6.45) is 6.76. The normalized spacial score (nSPS) is 19.8. The van der Waals surface area contributed by atoms with Crippen LogP contribution in [0.2, 0.25) is 0 Å². The molecule has 0 aliphatic heterocycles. The van der Waals surface area contributed by atoms with Crippen molar-refractivity contribution in [3.05, 3.63) is 23.3 Å². The Morgan fingerprint density at radius 3 is 2.31 bits per heavy atom. The first-order chi connectivity index (χ1) is 7.47. The first-order valence-electron chi connectivity index (χ1n) is 6.36. The van der Waals surface area contributed by atoms with Crippen molar-refractivity contribution in [2.24, 2.45) is 5.41 Å². The van der Waals surface area contributed by atoms with E-state index in [0.717, 1.165) is 6.42 Å². The Kier molecular flexibility index (Phi) is 6.32. The maximum Gasteiger partial charge on any atom is 0.137 e. The van der Waals surface area contributed by atoms with E-state index in [0.29, 0.717) is 18.6 Å². The number of carbonyl (C=O) groups is 1. The number of hydrogen-bond donors (Lipinski definition) is 0. The summed E-state index contributed by atoms with van der Waals surface area (Å²) in [5.74, 6) is 0.376. The molecule has 0 saturated heterocycles. The second-order valence-electron chi connectivity index (χ2n) is 4.78. The van der Waals surface area contributed by atoms with Gasteiger partial charge in [0.1, 0.15) is 5.78 Å². The van der Waals surface area contributed by atoms with Gasteiger partial charge in [0.05, 0.1) is 0 Å². The average molecular weight is 222 g/mol. The van der Waals surface area contributed by atoms with Crippen LogP contribution >= 0.6 is 0 Å². The molecular formula is C15H26O. The van der Waals surface area contributed by atoms with Gasteiger partial charge in [0.2, 0.25) is 0 Å². The number of carbonyl (C=O) groups excluding carboxylic acids is 1. The van der Waals surface area contributed by atoms with Gasteiger partial charge in [-0.3, -0.25) is 4.79 Å². The molecule has 0 aromatic heterocycles. The van der Waals surface area contributed by atoms with Crippen molar-refractivity contribution in [2.45, 2.75) is 60.8 Å². The van der Waals surface area contributed by atoms with E-state index in [1.807, 2.05) is 13.8 Å². The number of Topliss-reactive ketones (excluding diaryl/α,β-unsaturated/α-hetero) is 1. The van der Waals surface area contributed by atoms with E-state index in [1.165, 1.54) is 11.1 Å². The second-order valence-corrected chi connectivity index (χ2v) is 4.78. The quantitative estimate of drug-likeness (QED) is 0.662. The summed E-state index contributed by atoms with van der Waals surface area (Å²) in [5.41, 5.74) is 2.64. The number of hydrogen-bond acceptors (Lipinski definition) is 1. The van der Waals surface area contributed by atoms with Crippen molar-refractivity contribution in [3.63, 3.8) is 0 Å². The lowest BCUT2D eigenvalue weighted by atomic mass is 9.72. The van der Waals surface area contributed by atoms with Crippen molar-refractivity contribution >= 4 is 5.78 Å². The molecule has 1 aliphatic rings. The van der Waals surface area contributed by atoms with Crippen LogP contribution in [0.4, 0.5) is 0 Å². The number of allylic oxidation sites excluding steroid dienone is 4. The molecule has 0 aromatic carbocycles. The zero-order valence-electron chi connectivity index (χ0n) is 11.7. The molecule has 16 heavy (non-hydrogen) atoms. The molecule has 0 fully saturated rings.